The summed E-state index contributed by atoms with van der Waals surface area (Å²) in [6.07, 6.45) is 0. The van der Waals surface area contributed by atoms with E-state index in [1.54, 1.807) is 6.92 Å². The predicted molar refractivity (Wildman–Crippen MR) is 62.8 cm³/mol. The summed E-state index contributed by atoms with van der Waals surface area (Å²) in [6.45, 7) is 1.64. The van der Waals surface area contributed by atoms with Crippen LogP contribution in [0.4, 0.5) is 4.39 Å². The van der Waals surface area contributed by atoms with Crippen LogP contribution in [-0.2, 0) is 19.4 Å². The van der Waals surface area contributed by atoms with E-state index in [0.29, 0.717) is 4.47 Å². The maximum Gasteiger partial charge on any atom is 0.321 e. The molecule has 0 radical (unpaired) electrons. The molecule has 0 N–H and O–H groups in total. The average molecular weight is 325 g/mol. The molecule has 0 saturated carbocycles. The highest BCUT2D eigenvalue weighted by molar-refractivity contribution is 9.10. The van der Waals surface area contributed by atoms with Crippen molar-refractivity contribution in [2.24, 2.45) is 0 Å². The molecule has 7 heteroatoms. The number of carbonyl (C=O) groups is 1. The minimum Gasteiger partial charge on any atom is -0.465 e. The van der Waals surface area contributed by atoms with Crippen LogP contribution in [0.25, 0.3) is 0 Å². The van der Waals surface area contributed by atoms with Crippen molar-refractivity contribution in [2.75, 3.05) is 12.4 Å². The van der Waals surface area contributed by atoms with Crippen LogP contribution in [-0.4, -0.2) is 26.7 Å². The number of rotatable bonds is 4. The number of hydrogen-bond acceptors (Lipinski definition) is 4. The lowest BCUT2D eigenvalue weighted by atomic mass is 10.3. The molecule has 1 rings (SSSR count). The summed E-state index contributed by atoms with van der Waals surface area (Å²) in [5, 5.41) is 0. The molecule has 0 fully saturated rings. The number of carbonyl (C=O) groups excluding carboxylic acids is 1. The Balaban J connectivity index is 3.01. The van der Waals surface area contributed by atoms with Gasteiger partial charge in [-0.05, 0) is 25.1 Å². The Kier molecular flexibility index (Phi) is 4.64. The van der Waals surface area contributed by atoms with Gasteiger partial charge in [0.25, 0.3) is 0 Å². The van der Waals surface area contributed by atoms with Gasteiger partial charge < -0.3 is 4.74 Å². The summed E-state index contributed by atoms with van der Waals surface area (Å²) >= 11 is 3.01. The van der Waals surface area contributed by atoms with E-state index in [2.05, 4.69) is 20.7 Å². The molecule has 0 aromatic heterocycles. The third kappa shape index (κ3) is 3.78. The van der Waals surface area contributed by atoms with E-state index in [9.17, 15) is 17.6 Å². The van der Waals surface area contributed by atoms with Crippen LogP contribution in [0, 0.1) is 5.82 Å². The molecule has 0 bridgehead atoms. The Morgan fingerprint density at radius 1 is 1.47 bits per heavy atom. The SMILES string of the molecule is CCOC(=O)CS(=O)(=O)c1ccc(Br)cc1F. The zero-order valence-electron chi connectivity index (χ0n) is 8.94. The Hall–Kier alpha value is -0.950. The fourth-order valence-corrected chi connectivity index (χ4v) is 2.68. The van der Waals surface area contributed by atoms with Crippen molar-refractivity contribution in [1.29, 1.82) is 0 Å². The van der Waals surface area contributed by atoms with Gasteiger partial charge in [0.1, 0.15) is 10.7 Å². The zero-order chi connectivity index (χ0) is 13.1. The third-order valence-electron chi connectivity index (χ3n) is 1.84. The van der Waals surface area contributed by atoms with E-state index in [-0.39, 0.29) is 6.61 Å². The normalized spacial score (nSPS) is 11.2. The van der Waals surface area contributed by atoms with E-state index in [1.807, 2.05) is 0 Å². The Morgan fingerprint density at radius 3 is 2.65 bits per heavy atom. The number of hydrogen-bond donors (Lipinski definition) is 0. The molecule has 94 valence electrons. The first-order valence-electron chi connectivity index (χ1n) is 4.70. The van der Waals surface area contributed by atoms with E-state index in [1.165, 1.54) is 6.07 Å². The molecular formula is C10H10BrFO4S. The van der Waals surface area contributed by atoms with Gasteiger partial charge in [0, 0.05) is 4.47 Å². The molecule has 0 atom stereocenters. The second-order valence-corrected chi connectivity index (χ2v) is 6.01. The second-order valence-electron chi connectivity index (χ2n) is 3.14. The highest BCUT2D eigenvalue weighted by Gasteiger charge is 2.23. The van der Waals surface area contributed by atoms with E-state index in [4.69, 9.17) is 0 Å². The molecule has 0 amide bonds. The summed E-state index contributed by atoms with van der Waals surface area (Å²) in [5.74, 6) is -2.65. The monoisotopic (exact) mass is 324 g/mol. The highest BCUT2D eigenvalue weighted by Crippen LogP contribution is 2.20. The van der Waals surface area contributed by atoms with Crippen molar-refractivity contribution >= 4 is 31.7 Å². The smallest absolute Gasteiger partial charge is 0.321 e. The standard InChI is InChI=1S/C10H10BrFO4S/c1-2-16-10(13)6-17(14,15)9-4-3-7(11)5-8(9)12/h3-5H,2,6H2,1H3. The summed E-state index contributed by atoms with van der Waals surface area (Å²) in [5.41, 5.74) is 0. The van der Waals surface area contributed by atoms with Crippen molar-refractivity contribution in [1.82, 2.24) is 0 Å². The molecule has 0 heterocycles. The quantitative estimate of drug-likeness (QED) is 0.794. The van der Waals surface area contributed by atoms with E-state index >= 15 is 0 Å². The summed E-state index contributed by atoms with van der Waals surface area (Å²) < 4.78 is 41.7. The Bertz CT molecular complexity index is 527. The highest BCUT2D eigenvalue weighted by atomic mass is 79.9. The maximum atomic E-state index is 13.4. The first-order valence-corrected chi connectivity index (χ1v) is 7.14. The fourth-order valence-electron chi connectivity index (χ4n) is 1.16. The third-order valence-corrected chi connectivity index (χ3v) is 3.95. The summed E-state index contributed by atoms with van der Waals surface area (Å²) in [6, 6.07) is 3.52. The van der Waals surface area contributed by atoms with Crippen LogP contribution in [0.15, 0.2) is 27.6 Å². The van der Waals surface area contributed by atoms with Crippen molar-refractivity contribution in [2.45, 2.75) is 11.8 Å². The van der Waals surface area contributed by atoms with Gasteiger partial charge in [-0.1, -0.05) is 15.9 Å². The van der Waals surface area contributed by atoms with Gasteiger partial charge in [0.2, 0.25) is 0 Å². The first kappa shape index (κ1) is 14.1. The van der Waals surface area contributed by atoms with Gasteiger partial charge in [-0.15, -0.1) is 0 Å². The van der Waals surface area contributed by atoms with Crippen LogP contribution >= 0.6 is 15.9 Å². The molecule has 17 heavy (non-hydrogen) atoms. The zero-order valence-corrected chi connectivity index (χ0v) is 11.3. The van der Waals surface area contributed by atoms with Crippen LogP contribution in [0.2, 0.25) is 0 Å². The number of ether oxygens (including phenoxy) is 1. The molecule has 0 unspecified atom stereocenters. The van der Waals surface area contributed by atoms with Crippen LogP contribution in [0.5, 0.6) is 0 Å². The van der Waals surface area contributed by atoms with Crippen molar-refractivity contribution in [3.05, 3.63) is 28.5 Å². The van der Waals surface area contributed by atoms with Gasteiger partial charge in [-0.3, -0.25) is 4.79 Å². The lowest BCUT2D eigenvalue weighted by molar-refractivity contribution is -0.139. The van der Waals surface area contributed by atoms with Gasteiger partial charge >= 0.3 is 5.97 Å². The van der Waals surface area contributed by atoms with Crippen LogP contribution in [0.3, 0.4) is 0 Å². The van der Waals surface area contributed by atoms with E-state index in [0.717, 1.165) is 12.1 Å². The van der Waals surface area contributed by atoms with Crippen LogP contribution < -0.4 is 0 Å². The van der Waals surface area contributed by atoms with Gasteiger partial charge in [0.15, 0.2) is 15.6 Å². The minimum atomic E-state index is -4.00. The average Bonchev–Trinajstić information content (AvgIpc) is 2.15. The number of esters is 1. The maximum absolute atomic E-state index is 13.4. The van der Waals surface area contributed by atoms with Crippen molar-refractivity contribution < 1.29 is 22.3 Å². The largest absolute Gasteiger partial charge is 0.465 e. The topological polar surface area (TPSA) is 60.4 Å². The number of halogens is 2. The molecule has 4 nitrogen and oxygen atoms in total. The predicted octanol–water partition coefficient (Wildman–Crippen LogP) is 1.93. The number of sulfone groups is 1. The molecular weight excluding hydrogens is 315 g/mol. The summed E-state index contributed by atoms with van der Waals surface area (Å²) in [7, 11) is -4.00. The fraction of sp³-hybridized carbons (Fsp3) is 0.300. The molecule has 0 spiro atoms. The summed E-state index contributed by atoms with van der Waals surface area (Å²) in [4.78, 5) is 10.6. The van der Waals surface area contributed by atoms with Gasteiger partial charge in [0.05, 0.1) is 6.61 Å². The number of benzene rings is 1. The molecule has 0 aliphatic heterocycles. The molecule has 0 aliphatic carbocycles. The Morgan fingerprint density at radius 2 is 2.12 bits per heavy atom. The Labute approximate surface area is 107 Å². The van der Waals surface area contributed by atoms with Crippen LogP contribution in [0.1, 0.15) is 6.92 Å². The lowest BCUT2D eigenvalue weighted by Crippen LogP contribution is -2.19. The van der Waals surface area contributed by atoms with Gasteiger partial charge in [-0.2, -0.15) is 0 Å². The van der Waals surface area contributed by atoms with E-state index < -0.39 is 32.3 Å². The molecule has 1 aromatic rings. The first-order chi connectivity index (χ1) is 7.86. The molecule has 1 aromatic carbocycles. The second kappa shape index (κ2) is 5.59. The van der Waals surface area contributed by atoms with Crippen molar-refractivity contribution in [3.63, 3.8) is 0 Å². The molecule has 0 aliphatic rings. The van der Waals surface area contributed by atoms with Crippen molar-refractivity contribution in [3.8, 4) is 0 Å². The lowest BCUT2D eigenvalue weighted by Gasteiger charge is -2.05. The minimum absolute atomic E-state index is 0.0805. The van der Waals surface area contributed by atoms with Gasteiger partial charge in [-0.25, -0.2) is 12.8 Å². The molecule has 0 saturated heterocycles.